The van der Waals surface area contributed by atoms with E-state index in [9.17, 15) is 9.59 Å². The standard InChI is InChI=1S/C12H23NO4/c1-4-5-6-7-17-12(16)13-10(11(14)15)8-9(2)3/h9-10H,4-8H2,1-3H3,(H,13,16)(H,14,15). The molecule has 0 spiro atoms. The second kappa shape index (κ2) is 8.84. The number of ether oxygens (including phenoxy) is 1. The number of nitrogens with one attached hydrogen (secondary N) is 1. The molecule has 5 heteroatoms. The lowest BCUT2D eigenvalue weighted by molar-refractivity contribution is -0.139. The Morgan fingerprint density at radius 1 is 1.29 bits per heavy atom. The lowest BCUT2D eigenvalue weighted by atomic mass is 10.0. The van der Waals surface area contributed by atoms with Gasteiger partial charge in [-0.2, -0.15) is 0 Å². The number of carbonyl (C=O) groups excluding carboxylic acids is 1. The number of carbonyl (C=O) groups is 2. The van der Waals surface area contributed by atoms with Crippen LogP contribution in [0.2, 0.25) is 0 Å². The first-order valence-electron chi connectivity index (χ1n) is 6.13. The van der Waals surface area contributed by atoms with Crippen molar-refractivity contribution >= 4 is 12.1 Å². The van der Waals surface area contributed by atoms with Gasteiger partial charge in [0.1, 0.15) is 6.04 Å². The highest BCUT2D eigenvalue weighted by atomic mass is 16.5. The van der Waals surface area contributed by atoms with Crippen LogP contribution in [0.1, 0.15) is 46.5 Å². The van der Waals surface area contributed by atoms with Gasteiger partial charge in [-0.15, -0.1) is 0 Å². The van der Waals surface area contributed by atoms with Gasteiger partial charge in [0, 0.05) is 0 Å². The second-order valence-corrected chi connectivity index (χ2v) is 4.51. The fraction of sp³-hybridized carbons (Fsp3) is 0.833. The summed E-state index contributed by atoms with van der Waals surface area (Å²) in [6.07, 6.45) is 2.62. The number of carboxylic acids is 1. The maximum atomic E-state index is 11.3. The smallest absolute Gasteiger partial charge is 0.407 e. The Kier molecular flexibility index (Phi) is 8.19. The van der Waals surface area contributed by atoms with Crippen LogP contribution in [-0.4, -0.2) is 29.8 Å². The van der Waals surface area contributed by atoms with E-state index in [0.717, 1.165) is 19.3 Å². The van der Waals surface area contributed by atoms with Gasteiger partial charge in [-0.1, -0.05) is 33.6 Å². The van der Waals surface area contributed by atoms with Gasteiger partial charge in [0.05, 0.1) is 6.61 Å². The average molecular weight is 245 g/mol. The minimum absolute atomic E-state index is 0.205. The van der Waals surface area contributed by atoms with Crippen molar-refractivity contribution in [2.45, 2.75) is 52.5 Å². The zero-order chi connectivity index (χ0) is 13.3. The fourth-order valence-electron chi connectivity index (χ4n) is 1.39. The molecule has 1 atom stereocenters. The molecule has 2 N–H and O–H groups in total. The summed E-state index contributed by atoms with van der Waals surface area (Å²) in [6, 6.07) is -0.867. The largest absolute Gasteiger partial charge is 0.480 e. The first kappa shape index (κ1) is 15.7. The van der Waals surface area contributed by atoms with Crippen LogP contribution in [0.3, 0.4) is 0 Å². The summed E-state index contributed by atoms with van der Waals surface area (Å²) in [7, 11) is 0. The maximum absolute atomic E-state index is 11.3. The van der Waals surface area contributed by atoms with Crippen molar-refractivity contribution in [3.05, 3.63) is 0 Å². The van der Waals surface area contributed by atoms with Crippen molar-refractivity contribution in [3.8, 4) is 0 Å². The molecule has 17 heavy (non-hydrogen) atoms. The van der Waals surface area contributed by atoms with Crippen LogP contribution in [0.25, 0.3) is 0 Å². The second-order valence-electron chi connectivity index (χ2n) is 4.51. The molecule has 0 aliphatic rings. The number of aliphatic carboxylic acids is 1. The molecule has 1 amide bonds. The predicted molar refractivity (Wildman–Crippen MR) is 64.9 cm³/mol. The van der Waals surface area contributed by atoms with E-state index in [1.54, 1.807) is 0 Å². The van der Waals surface area contributed by atoms with Crippen molar-refractivity contribution in [1.29, 1.82) is 0 Å². The molecular weight excluding hydrogens is 222 g/mol. The van der Waals surface area contributed by atoms with Gasteiger partial charge < -0.3 is 15.2 Å². The summed E-state index contributed by atoms with van der Waals surface area (Å²) in [5, 5.41) is 11.3. The molecule has 0 aliphatic carbocycles. The number of alkyl carbamates (subject to hydrolysis) is 1. The number of amides is 1. The van der Waals surface area contributed by atoms with E-state index in [0.29, 0.717) is 13.0 Å². The Balaban J connectivity index is 3.91. The van der Waals surface area contributed by atoms with E-state index in [-0.39, 0.29) is 5.92 Å². The Labute approximate surface area is 103 Å². The molecule has 0 aromatic rings. The number of hydrogen-bond acceptors (Lipinski definition) is 3. The number of unbranched alkanes of at least 4 members (excludes halogenated alkanes) is 2. The number of rotatable bonds is 8. The Hall–Kier alpha value is -1.26. The third-order valence-electron chi connectivity index (χ3n) is 2.28. The van der Waals surface area contributed by atoms with Crippen LogP contribution in [0, 0.1) is 5.92 Å². The maximum Gasteiger partial charge on any atom is 0.407 e. The molecule has 0 saturated carbocycles. The summed E-state index contributed by atoms with van der Waals surface area (Å²) >= 11 is 0. The van der Waals surface area contributed by atoms with Crippen LogP contribution >= 0.6 is 0 Å². The monoisotopic (exact) mass is 245 g/mol. The molecule has 5 nitrogen and oxygen atoms in total. The molecule has 0 rings (SSSR count). The van der Waals surface area contributed by atoms with Crippen molar-refractivity contribution in [2.24, 2.45) is 5.92 Å². The minimum Gasteiger partial charge on any atom is -0.480 e. The van der Waals surface area contributed by atoms with Crippen molar-refractivity contribution in [1.82, 2.24) is 5.32 Å². The first-order chi connectivity index (χ1) is 7.97. The lowest BCUT2D eigenvalue weighted by Gasteiger charge is -2.16. The Bertz CT molecular complexity index is 241. The van der Waals surface area contributed by atoms with Crippen LogP contribution in [0.5, 0.6) is 0 Å². The van der Waals surface area contributed by atoms with Gasteiger partial charge in [0.25, 0.3) is 0 Å². The SMILES string of the molecule is CCCCCOC(=O)NC(CC(C)C)C(=O)O. The van der Waals surface area contributed by atoms with Crippen molar-refractivity contribution in [2.75, 3.05) is 6.61 Å². The molecule has 100 valence electrons. The highest BCUT2D eigenvalue weighted by Crippen LogP contribution is 2.05. The van der Waals surface area contributed by atoms with Gasteiger partial charge in [0.15, 0.2) is 0 Å². The molecule has 0 saturated heterocycles. The van der Waals surface area contributed by atoms with E-state index in [1.807, 2.05) is 13.8 Å². The van der Waals surface area contributed by atoms with Gasteiger partial charge in [0.2, 0.25) is 0 Å². The van der Waals surface area contributed by atoms with E-state index < -0.39 is 18.1 Å². The number of hydrogen-bond donors (Lipinski definition) is 2. The summed E-state index contributed by atoms with van der Waals surface area (Å²) in [4.78, 5) is 22.2. The number of carboxylic acid groups (broad SMARTS) is 1. The summed E-state index contributed by atoms with van der Waals surface area (Å²) in [6.45, 7) is 6.21. The molecule has 1 unspecified atom stereocenters. The summed E-state index contributed by atoms with van der Waals surface area (Å²) in [5.41, 5.74) is 0. The third-order valence-corrected chi connectivity index (χ3v) is 2.28. The summed E-state index contributed by atoms with van der Waals surface area (Å²) in [5.74, 6) is -0.819. The quantitative estimate of drug-likeness (QED) is 0.644. The van der Waals surface area contributed by atoms with Gasteiger partial charge >= 0.3 is 12.1 Å². The van der Waals surface area contributed by atoms with Crippen molar-refractivity contribution in [3.63, 3.8) is 0 Å². The van der Waals surface area contributed by atoms with E-state index >= 15 is 0 Å². The fourth-order valence-corrected chi connectivity index (χ4v) is 1.39. The molecule has 0 bridgehead atoms. The molecule has 0 aliphatic heterocycles. The highest BCUT2D eigenvalue weighted by molar-refractivity contribution is 5.79. The van der Waals surface area contributed by atoms with E-state index in [2.05, 4.69) is 12.2 Å². The summed E-state index contributed by atoms with van der Waals surface area (Å²) < 4.78 is 4.89. The zero-order valence-electron chi connectivity index (χ0n) is 10.9. The van der Waals surface area contributed by atoms with Crippen molar-refractivity contribution < 1.29 is 19.4 Å². The van der Waals surface area contributed by atoms with Crippen LogP contribution in [0.4, 0.5) is 4.79 Å². The molecule has 0 radical (unpaired) electrons. The van der Waals surface area contributed by atoms with Gasteiger partial charge in [-0.3, -0.25) is 0 Å². The van der Waals surface area contributed by atoms with Crippen LogP contribution in [0.15, 0.2) is 0 Å². The van der Waals surface area contributed by atoms with Crippen LogP contribution < -0.4 is 5.32 Å². The highest BCUT2D eigenvalue weighted by Gasteiger charge is 2.21. The first-order valence-corrected chi connectivity index (χ1v) is 6.13. The van der Waals surface area contributed by atoms with Gasteiger partial charge in [-0.25, -0.2) is 9.59 Å². The van der Waals surface area contributed by atoms with Gasteiger partial charge in [-0.05, 0) is 18.8 Å². The molecule has 0 aromatic heterocycles. The normalized spacial score (nSPS) is 12.2. The lowest BCUT2D eigenvalue weighted by Crippen LogP contribution is -2.42. The molecular formula is C12H23NO4. The van der Waals surface area contributed by atoms with E-state index in [1.165, 1.54) is 0 Å². The molecule has 0 fully saturated rings. The average Bonchev–Trinajstić information content (AvgIpc) is 2.22. The predicted octanol–water partition coefficient (Wildman–Crippen LogP) is 2.40. The zero-order valence-corrected chi connectivity index (χ0v) is 10.9. The Morgan fingerprint density at radius 2 is 1.94 bits per heavy atom. The molecule has 0 heterocycles. The Morgan fingerprint density at radius 3 is 2.41 bits per heavy atom. The van der Waals surface area contributed by atoms with E-state index in [4.69, 9.17) is 9.84 Å². The molecule has 0 aromatic carbocycles. The third kappa shape index (κ3) is 8.54. The van der Waals surface area contributed by atoms with Crippen LogP contribution in [-0.2, 0) is 9.53 Å². The minimum atomic E-state index is -1.02. The topological polar surface area (TPSA) is 75.6 Å².